The van der Waals surface area contributed by atoms with Crippen molar-refractivity contribution >= 4 is 74.3 Å². The third kappa shape index (κ3) is 7.91. The van der Waals surface area contributed by atoms with Gasteiger partial charge in [0.2, 0.25) is 0 Å². The van der Waals surface area contributed by atoms with Crippen molar-refractivity contribution < 1.29 is 0 Å². The maximum absolute atomic E-state index is 2.71. The number of anilines is 9. The van der Waals surface area contributed by atoms with Crippen LogP contribution in [-0.2, 0) is 27.1 Å². The maximum Gasteiger partial charge on any atom is 0.252 e. The summed E-state index contributed by atoms with van der Waals surface area (Å²) in [6.45, 7) is 31.3. The molecule has 388 valence electrons. The lowest BCUT2D eigenvalue weighted by Crippen LogP contribution is -2.61. The molecular weight excluding hydrogens is 942 g/mol. The quantitative estimate of drug-likeness (QED) is 0.147. The van der Waals surface area contributed by atoms with E-state index in [1.165, 1.54) is 112 Å². The summed E-state index contributed by atoms with van der Waals surface area (Å²) >= 11 is 0. The maximum atomic E-state index is 2.71. The number of fused-ring (bicyclic) bond motifs is 6. The summed E-state index contributed by atoms with van der Waals surface area (Å²) in [5.74, 6) is 0. The first-order valence-corrected chi connectivity index (χ1v) is 28.5. The van der Waals surface area contributed by atoms with E-state index < -0.39 is 0 Å². The second-order valence-corrected chi connectivity index (χ2v) is 27.0. The van der Waals surface area contributed by atoms with Gasteiger partial charge in [-0.1, -0.05) is 185 Å². The van der Waals surface area contributed by atoms with Crippen LogP contribution in [0.25, 0.3) is 22.3 Å². The van der Waals surface area contributed by atoms with Crippen LogP contribution in [0.5, 0.6) is 0 Å². The van der Waals surface area contributed by atoms with E-state index in [1.54, 1.807) is 0 Å². The Morgan fingerprint density at radius 1 is 0.397 bits per heavy atom. The Balaban J connectivity index is 1.12. The predicted molar refractivity (Wildman–Crippen MR) is 336 cm³/mol. The van der Waals surface area contributed by atoms with Gasteiger partial charge in [0, 0.05) is 51.1 Å². The van der Waals surface area contributed by atoms with E-state index in [9.17, 15) is 0 Å². The Labute approximate surface area is 465 Å². The fourth-order valence-corrected chi connectivity index (χ4v) is 15.1. The zero-order valence-corrected chi connectivity index (χ0v) is 48.2. The van der Waals surface area contributed by atoms with Gasteiger partial charge in [0.1, 0.15) is 0 Å². The summed E-state index contributed by atoms with van der Waals surface area (Å²) in [4.78, 5) is 7.74. The van der Waals surface area contributed by atoms with Crippen molar-refractivity contribution in [2.75, 3.05) is 14.7 Å². The van der Waals surface area contributed by atoms with Gasteiger partial charge in [0.25, 0.3) is 6.71 Å². The Bertz CT molecular complexity index is 3840. The normalized spacial score (nSPS) is 16.8. The molecule has 2 aliphatic heterocycles. The van der Waals surface area contributed by atoms with Crippen molar-refractivity contribution in [1.82, 2.24) is 0 Å². The molecule has 4 aliphatic rings. The van der Waals surface area contributed by atoms with Gasteiger partial charge in [-0.25, -0.2) is 0 Å². The van der Waals surface area contributed by atoms with Gasteiger partial charge in [0.15, 0.2) is 0 Å². The van der Waals surface area contributed by atoms with Crippen molar-refractivity contribution in [1.29, 1.82) is 0 Å². The molecule has 0 bridgehead atoms. The molecule has 4 heteroatoms. The van der Waals surface area contributed by atoms with Crippen LogP contribution < -0.4 is 31.1 Å². The van der Waals surface area contributed by atoms with E-state index in [0.29, 0.717) is 0 Å². The second kappa shape index (κ2) is 17.5. The first-order valence-electron chi connectivity index (χ1n) is 28.5. The number of hydrogen-bond acceptors (Lipinski definition) is 3. The molecule has 9 aromatic rings. The zero-order chi connectivity index (χ0) is 54.4. The number of rotatable bonds is 7. The minimum Gasteiger partial charge on any atom is -0.311 e. The Morgan fingerprint density at radius 2 is 0.923 bits per heavy atom. The minimum atomic E-state index is -0.0529. The first kappa shape index (κ1) is 50.0. The van der Waals surface area contributed by atoms with Crippen molar-refractivity contribution in [2.45, 2.75) is 130 Å². The van der Waals surface area contributed by atoms with Crippen molar-refractivity contribution in [3.63, 3.8) is 0 Å². The summed E-state index contributed by atoms with van der Waals surface area (Å²) in [6, 6.07) is 72.1. The molecule has 0 saturated carbocycles. The molecule has 0 saturated heterocycles. The van der Waals surface area contributed by atoms with Crippen LogP contribution in [0.15, 0.2) is 188 Å². The van der Waals surface area contributed by atoms with Gasteiger partial charge in [0.05, 0.1) is 5.69 Å². The van der Waals surface area contributed by atoms with Crippen molar-refractivity contribution in [2.24, 2.45) is 0 Å². The highest BCUT2D eigenvalue weighted by atomic mass is 15.2. The monoisotopic (exact) mass is 1020 g/mol. The lowest BCUT2D eigenvalue weighted by molar-refractivity contribution is 0.403. The molecule has 0 fully saturated rings. The molecular formula is C74H74BN3. The van der Waals surface area contributed by atoms with Gasteiger partial charge < -0.3 is 14.7 Å². The van der Waals surface area contributed by atoms with E-state index in [-0.39, 0.29) is 33.8 Å². The number of aryl methyl sites for hydroxylation is 2. The molecule has 2 heterocycles. The third-order valence-corrected chi connectivity index (χ3v) is 18.3. The average molecular weight is 1020 g/mol. The van der Waals surface area contributed by atoms with Crippen LogP contribution in [-0.4, -0.2) is 6.71 Å². The lowest BCUT2D eigenvalue weighted by atomic mass is 9.33. The fourth-order valence-electron chi connectivity index (χ4n) is 15.1. The SMILES string of the molecule is Cc1cc2c3c(c1)N(c1ccc(C(C)(C)C)cc1-c1ccc4c(c1)C(C)(C)CC4(C)C)c1cc4c(cc1B3c1ccc(N(c3ccccc3)c3ccccc3)cc1N2c1ccc(-c2ccccc2)cc1C)C(C)(C)CC4(C)C. The minimum absolute atomic E-state index is 0.00351. The van der Waals surface area contributed by atoms with Gasteiger partial charge in [-0.3, -0.25) is 0 Å². The van der Waals surface area contributed by atoms with Crippen LogP contribution in [0.1, 0.15) is 128 Å². The molecule has 78 heavy (non-hydrogen) atoms. The molecule has 0 unspecified atom stereocenters. The topological polar surface area (TPSA) is 9.72 Å². The summed E-state index contributed by atoms with van der Waals surface area (Å²) in [5, 5.41) is 0. The molecule has 0 N–H and O–H groups in total. The van der Waals surface area contributed by atoms with Crippen LogP contribution in [0.3, 0.4) is 0 Å². The molecule has 0 aromatic heterocycles. The van der Waals surface area contributed by atoms with E-state index in [2.05, 4.69) is 293 Å². The van der Waals surface area contributed by atoms with Crippen LogP contribution in [0, 0.1) is 13.8 Å². The van der Waals surface area contributed by atoms with Gasteiger partial charge in [-0.15, -0.1) is 0 Å². The summed E-state index contributed by atoms with van der Waals surface area (Å²) in [6.07, 6.45) is 2.22. The van der Waals surface area contributed by atoms with Gasteiger partial charge in [-0.05, 0) is 205 Å². The summed E-state index contributed by atoms with van der Waals surface area (Å²) < 4.78 is 0. The highest BCUT2D eigenvalue weighted by Crippen LogP contribution is 2.56. The molecule has 3 nitrogen and oxygen atoms in total. The third-order valence-electron chi connectivity index (χ3n) is 18.3. The molecule has 0 radical (unpaired) electrons. The second-order valence-electron chi connectivity index (χ2n) is 27.0. The Kier molecular flexibility index (Phi) is 11.2. The zero-order valence-electron chi connectivity index (χ0n) is 48.2. The molecule has 0 amide bonds. The van der Waals surface area contributed by atoms with Crippen molar-refractivity contribution in [3.05, 3.63) is 227 Å². The number of benzene rings is 9. The van der Waals surface area contributed by atoms with Crippen molar-refractivity contribution in [3.8, 4) is 22.3 Å². The summed E-state index contributed by atoms with van der Waals surface area (Å²) in [7, 11) is 0. The highest BCUT2D eigenvalue weighted by Gasteiger charge is 2.49. The van der Waals surface area contributed by atoms with Gasteiger partial charge in [-0.2, -0.15) is 0 Å². The molecule has 13 rings (SSSR count). The molecule has 0 atom stereocenters. The van der Waals surface area contributed by atoms with E-state index in [0.717, 1.165) is 29.9 Å². The molecule has 2 aliphatic carbocycles. The van der Waals surface area contributed by atoms with Crippen LogP contribution in [0.2, 0.25) is 0 Å². The number of nitrogens with zero attached hydrogens (tertiary/aromatic N) is 3. The summed E-state index contributed by atoms with van der Waals surface area (Å²) in [5.41, 5.74) is 29.5. The predicted octanol–water partition coefficient (Wildman–Crippen LogP) is 18.4. The van der Waals surface area contributed by atoms with E-state index >= 15 is 0 Å². The molecule has 0 spiro atoms. The Morgan fingerprint density at radius 3 is 1.53 bits per heavy atom. The Hall–Kier alpha value is -7.56. The molecule has 9 aromatic carbocycles. The van der Waals surface area contributed by atoms with Crippen LogP contribution in [0.4, 0.5) is 51.2 Å². The highest BCUT2D eigenvalue weighted by molar-refractivity contribution is 7.00. The largest absolute Gasteiger partial charge is 0.311 e. The first-order chi connectivity index (χ1) is 37.1. The van der Waals surface area contributed by atoms with Gasteiger partial charge >= 0.3 is 0 Å². The lowest BCUT2D eigenvalue weighted by Gasteiger charge is -2.46. The standard InChI is InChI=1S/C74H74BN3/c1-47-37-67-69-68(38-47)78(64-36-31-52(70(3,4)5)41-56(64)51-29-33-57-58(40-51)72(8,9)45-71(57,6)7)66-44-60-59(73(10,11)46-74(60,12)13)43-62(66)75(69)61-34-32-55(76(53-25-19-15-20-26-53)54-27-21-16-22-28-54)42-65(61)77(67)63-35-30-50(39-48(63)2)49-23-17-14-18-24-49/h14-44H,45-46H2,1-13H3. The smallest absolute Gasteiger partial charge is 0.252 e. The van der Waals surface area contributed by atoms with Crippen LogP contribution >= 0.6 is 0 Å². The van der Waals surface area contributed by atoms with E-state index in [1.807, 2.05) is 0 Å². The van der Waals surface area contributed by atoms with E-state index in [4.69, 9.17) is 0 Å². The number of hydrogen-bond donors (Lipinski definition) is 0. The number of para-hydroxylation sites is 2. The average Bonchev–Trinajstić information content (AvgIpc) is 2.74. The fraction of sp³-hybridized carbons (Fsp3) is 0.270.